The van der Waals surface area contributed by atoms with Crippen LogP contribution in [-0.2, 0) is 14.4 Å². The lowest BCUT2D eigenvalue weighted by molar-refractivity contribution is -0.150. The maximum Gasteiger partial charge on any atom is 0.303 e. The summed E-state index contributed by atoms with van der Waals surface area (Å²) in [4.78, 5) is 37.3. The summed E-state index contributed by atoms with van der Waals surface area (Å²) >= 11 is 0. The number of ketones is 2. The Kier molecular flexibility index (Phi) is 4.22. The summed E-state index contributed by atoms with van der Waals surface area (Å²) in [6, 6.07) is 0. The predicted octanol–water partition coefficient (Wildman–Crippen LogP) is 5.74. The largest absolute Gasteiger partial charge is 0.481 e. The van der Waals surface area contributed by atoms with Crippen molar-refractivity contribution in [3.05, 3.63) is 11.1 Å². The number of carboxylic acids is 1. The minimum atomic E-state index is -0.798. The summed E-state index contributed by atoms with van der Waals surface area (Å²) in [5, 5.41) is 9.15. The van der Waals surface area contributed by atoms with E-state index in [1.807, 2.05) is 6.92 Å². The molecule has 1 N–H and O–H groups in total. The fourth-order valence-electron chi connectivity index (χ4n) is 9.93. The summed E-state index contributed by atoms with van der Waals surface area (Å²) < 4.78 is 0. The third-order valence-corrected chi connectivity index (χ3v) is 11.6. The molecule has 0 radical (unpaired) electrons. The zero-order valence-electron chi connectivity index (χ0n) is 19.9. The van der Waals surface area contributed by atoms with Gasteiger partial charge in [-0.2, -0.15) is 0 Å². The van der Waals surface area contributed by atoms with Crippen LogP contribution < -0.4 is 0 Å². The van der Waals surface area contributed by atoms with Crippen LogP contribution in [0.25, 0.3) is 0 Å². The van der Waals surface area contributed by atoms with Crippen molar-refractivity contribution in [3.63, 3.8) is 0 Å². The molecule has 0 aromatic carbocycles. The molecule has 4 heteroatoms. The first-order valence-electron chi connectivity index (χ1n) is 12.3. The number of allylic oxidation sites excluding steroid dienone is 2. The Morgan fingerprint density at radius 2 is 1.61 bits per heavy atom. The van der Waals surface area contributed by atoms with Gasteiger partial charge in [0.2, 0.25) is 0 Å². The van der Waals surface area contributed by atoms with Crippen LogP contribution in [0.2, 0.25) is 0 Å². The van der Waals surface area contributed by atoms with Gasteiger partial charge in [0.05, 0.1) is 0 Å². The SMILES string of the molecule is C/C(CCC(=O)O)=C1/C(=O)C[C@@]2(C)C3CCC4C(C)(C)C(=O)CC[C@@]45C[C@@]35CC[C@]12C. The van der Waals surface area contributed by atoms with Crippen molar-refractivity contribution in [1.29, 1.82) is 0 Å². The van der Waals surface area contributed by atoms with Gasteiger partial charge >= 0.3 is 5.97 Å². The van der Waals surface area contributed by atoms with Gasteiger partial charge in [-0.25, -0.2) is 0 Å². The van der Waals surface area contributed by atoms with Crippen LogP contribution in [0.4, 0.5) is 0 Å². The lowest BCUT2D eigenvalue weighted by Gasteiger charge is -2.61. The summed E-state index contributed by atoms with van der Waals surface area (Å²) in [5.41, 5.74) is 2.17. The van der Waals surface area contributed by atoms with E-state index in [1.165, 1.54) is 6.42 Å². The first-order chi connectivity index (χ1) is 14.4. The molecule has 0 amide bonds. The van der Waals surface area contributed by atoms with E-state index in [0.717, 1.165) is 49.7 Å². The van der Waals surface area contributed by atoms with Crippen molar-refractivity contribution >= 4 is 17.5 Å². The Morgan fingerprint density at radius 1 is 0.968 bits per heavy atom. The maximum absolute atomic E-state index is 13.4. The van der Waals surface area contributed by atoms with E-state index in [0.29, 0.717) is 41.3 Å². The number of fused-ring (bicyclic) bond motifs is 2. The Labute approximate surface area is 186 Å². The fraction of sp³-hybridized carbons (Fsp3) is 0.815. The van der Waals surface area contributed by atoms with Crippen molar-refractivity contribution in [2.75, 3.05) is 0 Å². The molecule has 5 fully saturated rings. The number of carbonyl (C=O) groups is 3. The monoisotopic (exact) mass is 426 g/mol. The molecule has 2 unspecified atom stereocenters. The molecule has 2 spiro atoms. The fourth-order valence-corrected chi connectivity index (χ4v) is 9.93. The molecule has 0 aromatic rings. The number of Topliss-reactive ketones (excluding diaryl/α,β-unsaturated/α-hetero) is 2. The minimum absolute atomic E-state index is 0.0534. The highest BCUT2D eigenvalue weighted by Gasteiger charge is 2.82. The molecule has 0 aliphatic heterocycles. The van der Waals surface area contributed by atoms with Crippen LogP contribution in [0.1, 0.15) is 98.8 Å². The standard InChI is InChI=1S/C27H38O4/c1-16(6-9-21(30)31)22-17(28)14-25(5)19-8-7-18-23(2,3)20(29)10-11-26(18)15-27(19,26)13-12-24(22,25)4/h18-19H,6-15H2,1-5H3,(H,30,31)/b22-16+/t18?,19?,24-,25+,26-,27+/m1/s1. The van der Waals surface area contributed by atoms with E-state index < -0.39 is 5.97 Å². The molecule has 0 heterocycles. The molecule has 4 nitrogen and oxygen atoms in total. The molecule has 170 valence electrons. The molecule has 0 aromatic heterocycles. The summed E-state index contributed by atoms with van der Waals surface area (Å²) in [5.74, 6) is 0.947. The van der Waals surface area contributed by atoms with Gasteiger partial charge in [0, 0.05) is 35.7 Å². The topological polar surface area (TPSA) is 71.4 Å². The molecule has 5 aliphatic rings. The van der Waals surface area contributed by atoms with Crippen molar-refractivity contribution in [2.45, 2.75) is 98.8 Å². The van der Waals surface area contributed by atoms with Gasteiger partial charge < -0.3 is 5.11 Å². The first kappa shape index (κ1) is 21.4. The highest BCUT2D eigenvalue weighted by atomic mass is 16.4. The molecular formula is C27H38O4. The summed E-state index contributed by atoms with van der Waals surface area (Å²) in [6.45, 7) is 11.0. The molecule has 0 saturated heterocycles. The Bertz CT molecular complexity index is 928. The van der Waals surface area contributed by atoms with Crippen molar-refractivity contribution in [1.82, 2.24) is 0 Å². The third-order valence-electron chi connectivity index (χ3n) is 11.6. The number of aliphatic carboxylic acids is 1. The molecule has 5 saturated carbocycles. The summed E-state index contributed by atoms with van der Waals surface area (Å²) in [7, 11) is 0. The normalized spacial score (nSPS) is 48.9. The quantitative estimate of drug-likeness (QED) is 0.584. The number of hydrogen-bond acceptors (Lipinski definition) is 3. The smallest absolute Gasteiger partial charge is 0.303 e. The molecule has 0 bridgehead atoms. The number of rotatable bonds is 3. The van der Waals surface area contributed by atoms with Crippen LogP contribution in [0.3, 0.4) is 0 Å². The summed E-state index contributed by atoms with van der Waals surface area (Å²) in [6.07, 6.45) is 8.63. The second-order valence-electron chi connectivity index (χ2n) is 12.7. The van der Waals surface area contributed by atoms with Gasteiger partial charge in [0.1, 0.15) is 5.78 Å². The Morgan fingerprint density at radius 3 is 2.29 bits per heavy atom. The van der Waals surface area contributed by atoms with Crippen LogP contribution in [0.5, 0.6) is 0 Å². The molecular weight excluding hydrogens is 388 g/mol. The van der Waals surface area contributed by atoms with E-state index in [9.17, 15) is 14.4 Å². The van der Waals surface area contributed by atoms with Crippen molar-refractivity contribution in [3.8, 4) is 0 Å². The van der Waals surface area contributed by atoms with Crippen LogP contribution in [0, 0.1) is 38.9 Å². The van der Waals surface area contributed by atoms with Gasteiger partial charge in [0.25, 0.3) is 0 Å². The van der Waals surface area contributed by atoms with Gasteiger partial charge in [-0.1, -0.05) is 33.3 Å². The number of carbonyl (C=O) groups excluding carboxylic acids is 2. The van der Waals surface area contributed by atoms with Crippen LogP contribution in [0.15, 0.2) is 11.1 Å². The van der Waals surface area contributed by atoms with E-state index in [-0.39, 0.29) is 28.4 Å². The lowest BCUT2D eigenvalue weighted by Crippen LogP contribution is -2.56. The van der Waals surface area contributed by atoms with E-state index in [1.54, 1.807) is 0 Å². The Balaban J connectivity index is 1.53. The average Bonchev–Trinajstić information content (AvgIpc) is 3.29. The van der Waals surface area contributed by atoms with E-state index >= 15 is 0 Å². The third kappa shape index (κ3) is 2.35. The second-order valence-corrected chi connectivity index (χ2v) is 12.7. The first-order valence-corrected chi connectivity index (χ1v) is 12.3. The van der Waals surface area contributed by atoms with E-state index in [2.05, 4.69) is 27.7 Å². The second kappa shape index (κ2) is 6.11. The van der Waals surface area contributed by atoms with Crippen molar-refractivity contribution in [2.24, 2.45) is 38.9 Å². The number of hydrogen-bond donors (Lipinski definition) is 1. The molecule has 5 rings (SSSR count). The van der Waals surface area contributed by atoms with Crippen LogP contribution >= 0.6 is 0 Å². The lowest BCUT2D eigenvalue weighted by atomic mass is 9.42. The van der Waals surface area contributed by atoms with Crippen molar-refractivity contribution < 1.29 is 19.5 Å². The Hall–Kier alpha value is -1.45. The van der Waals surface area contributed by atoms with Gasteiger partial charge in [-0.05, 0) is 80.0 Å². The zero-order chi connectivity index (χ0) is 22.6. The number of carboxylic acid groups (broad SMARTS) is 1. The molecule has 5 aliphatic carbocycles. The van der Waals surface area contributed by atoms with Crippen LogP contribution in [-0.4, -0.2) is 22.6 Å². The average molecular weight is 427 g/mol. The minimum Gasteiger partial charge on any atom is -0.481 e. The maximum atomic E-state index is 13.4. The predicted molar refractivity (Wildman–Crippen MR) is 118 cm³/mol. The highest BCUT2D eigenvalue weighted by Crippen LogP contribution is 2.88. The van der Waals surface area contributed by atoms with Gasteiger partial charge in [-0.15, -0.1) is 0 Å². The molecule has 31 heavy (non-hydrogen) atoms. The van der Waals surface area contributed by atoms with Gasteiger partial charge in [-0.3, -0.25) is 14.4 Å². The zero-order valence-corrected chi connectivity index (χ0v) is 19.9. The van der Waals surface area contributed by atoms with E-state index in [4.69, 9.17) is 5.11 Å². The molecule has 6 atom stereocenters. The highest BCUT2D eigenvalue weighted by molar-refractivity contribution is 6.01. The van der Waals surface area contributed by atoms with Gasteiger partial charge in [0.15, 0.2) is 5.78 Å².